The molecular formula is C21H30N4O2. The number of rotatable bonds is 3. The van der Waals surface area contributed by atoms with Crippen LogP contribution in [0.5, 0.6) is 0 Å². The number of carbonyl (C=O) groups excluding carboxylic acids is 2. The van der Waals surface area contributed by atoms with Crippen LogP contribution in [0.2, 0.25) is 0 Å². The molecule has 146 valence electrons. The zero-order valence-corrected chi connectivity index (χ0v) is 16.2. The van der Waals surface area contributed by atoms with Crippen molar-refractivity contribution < 1.29 is 9.59 Å². The second-order valence-electron chi connectivity index (χ2n) is 8.35. The number of nitrogens with one attached hydrogen (secondary N) is 2. The van der Waals surface area contributed by atoms with Crippen molar-refractivity contribution in [1.82, 2.24) is 15.1 Å². The molecule has 3 fully saturated rings. The Hall–Kier alpha value is -1.92. The molecule has 6 heteroatoms. The Bertz CT molecular complexity index is 714. The van der Waals surface area contributed by atoms with Crippen molar-refractivity contribution in [2.45, 2.75) is 25.7 Å². The van der Waals surface area contributed by atoms with Gasteiger partial charge in [-0.25, -0.2) is 0 Å². The van der Waals surface area contributed by atoms with Crippen molar-refractivity contribution in [2.75, 3.05) is 51.6 Å². The summed E-state index contributed by atoms with van der Waals surface area (Å²) >= 11 is 0. The van der Waals surface area contributed by atoms with Crippen molar-refractivity contribution in [1.29, 1.82) is 0 Å². The van der Waals surface area contributed by atoms with Crippen LogP contribution in [0.4, 0.5) is 5.69 Å². The molecule has 0 radical (unpaired) electrons. The Morgan fingerprint density at radius 3 is 2.70 bits per heavy atom. The average Bonchev–Trinajstić information content (AvgIpc) is 3.42. The van der Waals surface area contributed by atoms with E-state index in [0.717, 1.165) is 65.0 Å². The quantitative estimate of drug-likeness (QED) is 0.852. The fourth-order valence-electron chi connectivity index (χ4n) is 4.61. The average molecular weight is 370 g/mol. The molecule has 2 saturated heterocycles. The van der Waals surface area contributed by atoms with Gasteiger partial charge < -0.3 is 20.4 Å². The van der Waals surface area contributed by atoms with E-state index in [1.807, 2.05) is 29.2 Å². The Morgan fingerprint density at radius 1 is 1.11 bits per heavy atom. The number of benzene rings is 1. The zero-order valence-electron chi connectivity index (χ0n) is 16.2. The summed E-state index contributed by atoms with van der Waals surface area (Å²) in [7, 11) is 2.09. The van der Waals surface area contributed by atoms with Gasteiger partial charge in [0.25, 0.3) is 5.91 Å². The topological polar surface area (TPSA) is 64.7 Å². The molecule has 27 heavy (non-hydrogen) atoms. The monoisotopic (exact) mass is 370 g/mol. The van der Waals surface area contributed by atoms with E-state index in [0.29, 0.717) is 11.3 Å². The lowest BCUT2D eigenvalue weighted by molar-refractivity contribution is -0.118. The molecule has 2 aliphatic heterocycles. The maximum Gasteiger partial charge on any atom is 0.256 e. The Kier molecular flexibility index (Phi) is 5.19. The van der Waals surface area contributed by atoms with Gasteiger partial charge in [-0.15, -0.1) is 0 Å². The molecule has 1 aliphatic carbocycles. The standard InChI is InChI=1S/C21H30N4O2/c1-24-11-4-12-25(14-13-24)20(27)16-5-2-3-6-18(16)23-19(26)17-15-21(17)7-9-22-10-8-21/h2-3,5-6,17,22H,4,7-15H2,1H3,(H,23,26). The van der Waals surface area contributed by atoms with Crippen LogP contribution in [-0.4, -0.2) is 67.9 Å². The molecule has 1 unspecified atom stereocenters. The minimum Gasteiger partial charge on any atom is -0.337 e. The zero-order chi connectivity index (χ0) is 18.9. The number of nitrogens with zero attached hydrogens (tertiary/aromatic N) is 2. The lowest BCUT2D eigenvalue weighted by Crippen LogP contribution is -2.35. The first kappa shape index (κ1) is 18.4. The molecule has 4 rings (SSSR count). The number of piperidine rings is 1. The normalized spacial score (nSPS) is 25.1. The number of amides is 2. The van der Waals surface area contributed by atoms with E-state index in [1.54, 1.807) is 0 Å². The van der Waals surface area contributed by atoms with Crippen LogP contribution in [0.25, 0.3) is 0 Å². The lowest BCUT2D eigenvalue weighted by Gasteiger charge is -2.24. The number of anilines is 1. The van der Waals surface area contributed by atoms with E-state index >= 15 is 0 Å². The molecule has 3 aliphatic rings. The number of likely N-dealkylation sites (N-methyl/N-ethyl adjacent to an activating group) is 1. The second kappa shape index (κ2) is 7.60. The highest BCUT2D eigenvalue weighted by Crippen LogP contribution is 2.58. The minimum absolute atomic E-state index is 0.0218. The summed E-state index contributed by atoms with van der Waals surface area (Å²) in [4.78, 5) is 30.1. The Morgan fingerprint density at radius 2 is 1.89 bits per heavy atom. The van der Waals surface area contributed by atoms with E-state index in [-0.39, 0.29) is 23.1 Å². The molecule has 0 bridgehead atoms. The Labute approximate surface area is 161 Å². The second-order valence-corrected chi connectivity index (χ2v) is 8.35. The summed E-state index contributed by atoms with van der Waals surface area (Å²) in [5, 5.41) is 6.44. The van der Waals surface area contributed by atoms with Crippen LogP contribution < -0.4 is 10.6 Å². The van der Waals surface area contributed by atoms with E-state index in [9.17, 15) is 9.59 Å². The lowest BCUT2D eigenvalue weighted by atomic mass is 9.91. The molecule has 2 heterocycles. The smallest absolute Gasteiger partial charge is 0.256 e. The summed E-state index contributed by atoms with van der Waals surface area (Å²) in [6.45, 7) is 5.41. The van der Waals surface area contributed by atoms with Gasteiger partial charge in [0.15, 0.2) is 0 Å². The fraction of sp³-hybridized carbons (Fsp3) is 0.619. The number of hydrogen-bond acceptors (Lipinski definition) is 4. The van der Waals surface area contributed by atoms with Crippen molar-refractivity contribution in [2.24, 2.45) is 11.3 Å². The highest BCUT2D eigenvalue weighted by atomic mass is 16.2. The van der Waals surface area contributed by atoms with Gasteiger partial charge in [0, 0.05) is 25.6 Å². The highest BCUT2D eigenvalue weighted by Gasteiger charge is 2.57. The van der Waals surface area contributed by atoms with Gasteiger partial charge in [-0.3, -0.25) is 9.59 Å². The number of carbonyl (C=O) groups is 2. The molecule has 0 aromatic heterocycles. The van der Waals surface area contributed by atoms with E-state index in [2.05, 4.69) is 22.6 Å². The van der Waals surface area contributed by atoms with Gasteiger partial charge in [0.1, 0.15) is 0 Å². The maximum absolute atomic E-state index is 13.1. The van der Waals surface area contributed by atoms with Gasteiger partial charge in [-0.1, -0.05) is 12.1 Å². The van der Waals surface area contributed by atoms with Crippen LogP contribution in [0.1, 0.15) is 36.0 Å². The predicted octanol–water partition coefficient (Wildman–Crippen LogP) is 1.79. The van der Waals surface area contributed by atoms with Gasteiger partial charge >= 0.3 is 0 Å². The maximum atomic E-state index is 13.1. The highest BCUT2D eigenvalue weighted by molar-refractivity contribution is 6.04. The third-order valence-electron chi connectivity index (χ3n) is 6.53. The third-order valence-corrected chi connectivity index (χ3v) is 6.53. The van der Waals surface area contributed by atoms with Gasteiger partial charge in [-0.2, -0.15) is 0 Å². The first-order valence-electron chi connectivity index (χ1n) is 10.2. The Balaban J connectivity index is 1.45. The summed E-state index contributed by atoms with van der Waals surface area (Å²) < 4.78 is 0. The van der Waals surface area contributed by atoms with Crippen molar-refractivity contribution >= 4 is 17.5 Å². The molecule has 2 N–H and O–H groups in total. The minimum atomic E-state index is 0.0218. The van der Waals surface area contributed by atoms with Crippen molar-refractivity contribution in [3.05, 3.63) is 29.8 Å². The summed E-state index contributed by atoms with van der Waals surface area (Å²) in [5.41, 5.74) is 1.46. The van der Waals surface area contributed by atoms with Crippen molar-refractivity contribution in [3.8, 4) is 0 Å². The summed E-state index contributed by atoms with van der Waals surface area (Å²) in [6, 6.07) is 7.44. The molecule has 6 nitrogen and oxygen atoms in total. The van der Waals surface area contributed by atoms with Crippen LogP contribution >= 0.6 is 0 Å². The third kappa shape index (κ3) is 3.87. The van der Waals surface area contributed by atoms with Crippen LogP contribution in [-0.2, 0) is 4.79 Å². The largest absolute Gasteiger partial charge is 0.337 e. The molecule has 1 spiro atoms. The van der Waals surface area contributed by atoms with Crippen molar-refractivity contribution in [3.63, 3.8) is 0 Å². The van der Waals surface area contributed by atoms with Gasteiger partial charge in [-0.05, 0) is 69.9 Å². The molecule has 1 aromatic carbocycles. The van der Waals surface area contributed by atoms with E-state index < -0.39 is 0 Å². The summed E-state index contributed by atoms with van der Waals surface area (Å²) in [6.07, 6.45) is 4.12. The molecule has 1 aromatic rings. The van der Waals surface area contributed by atoms with Crippen LogP contribution in [0.3, 0.4) is 0 Å². The number of hydrogen-bond donors (Lipinski definition) is 2. The summed E-state index contributed by atoms with van der Waals surface area (Å²) in [5.74, 6) is 0.191. The van der Waals surface area contributed by atoms with Crippen LogP contribution in [0, 0.1) is 11.3 Å². The number of para-hydroxylation sites is 1. The SMILES string of the molecule is CN1CCCN(C(=O)c2ccccc2NC(=O)C2CC23CCNCC3)CC1. The first-order chi connectivity index (χ1) is 13.1. The molecular weight excluding hydrogens is 340 g/mol. The van der Waals surface area contributed by atoms with Crippen LogP contribution in [0.15, 0.2) is 24.3 Å². The molecule has 1 saturated carbocycles. The van der Waals surface area contributed by atoms with Gasteiger partial charge in [0.05, 0.1) is 11.3 Å². The fourth-order valence-corrected chi connectivity index (χ4v) is 4.61. The predicted molar refractivity (Wildman–Crippen MR) is 106 cm³/mol. The van der Waals surface area contributed by atoms with Gasteiger partial charge in [0.2, 0.25) is 5.91 Å². The first-order valence-corrected chi connectivity index (χ1v) is 10.2. The molecule has 2 amide bonds. The van der Waals surface area contributed by atoms with E-state index in [1.165, 1.54) is 0 Å². The van der Waals surface area contributed by atoms with E-state index in [4.69, 9.17) is 0 Å². The molecule has 1 atom stereocenters.